The van der Waals surface area contributed by atoms with E-state index in [-0.39, 0.29) is 11.9 Å². The predicted molar refractivity (Wildman–Crippen MR) is 85.7 cm³/mol. The highest BCUT2D eigenvalue weighted by Crippen LogP contribution is 2.49. The number of carbonyl (C=O) groups is 1. The molecule has 2 heterocycles. The molecule has 0 saturated heterocycles. The average Bonchev–Trinajstić information content (AvgIpc) is 3.29. The van der Waals surface area contributed by atoms with Crippen LogP contribution in [0.4, 0.5) is 0 Å². The molecule has 2 aromatic rings. The molecule has 0 aromatic carbocycles. The number of fused-ring (bicyclic) bond motifs is 2. The van der Waals surface area contributed by atoms with E-state index in [0.29, 0.717) is 17.4 Å². The lowest BCUT2D eigenvalue weighted by atomic mass is 9.84. The van der Waals surface area contributed by atoms with Crippen LogP contribution in [-0.2, 0) is 0 Å². The van der Waals surface area contributed by atoms with Gasteiger partial charge in [-0.2, -0.15) is 0 Å². The van der Waals surface area contributed by atoms with Gasteiger partial charge in [0.25, 0.3) is 5.91 Å². The first-order valence-corrected chi connectivity index (χ1v) is 8.90. The van der Waals surface area contributed by atoms with Gasteiger partial charge >= 0.3 is 0 Å². The molecule has 2 fully saturated rings. The standard InChI is InChI=1S/C17H20N2O2S/c1-10(13-8-11-4-5-12(13)7-11)18-17(20)14-9-15(21-19-14)16-3-2-6-22-16/h2-3,6,9-13H,4-5,7-8H2,1H3,(H,18,20)/t10-,11-,12-,13+/m1/s1. The van der Waals surface area contributed by atoms with Gasteiger partial charge in [0.2, 0.25) is 0 Å². The molecule has 2 aromatic heterocycles. The van der Waals surface area contributed by atoms with Crippen LogP contribution < -0.4 is 5.32 Å². The van der Waals surface area contributed by atoms with Crippen molar-refractivity contribution in [2.24, 2.45) is 17.8 Å². The second kappa shape index (κ2) is 5.54. The number of hydrogen-bond donors (Lipinski definition) is 1. The zero-order valence-electron chi connectivity index (χ0n) is 12.6. The summed E-state index contributed by atoms with van der Waals surface area (Å²) in [6, 6.07) is 5.86. The van der Waals surface area contributed by atoms with Gasteiger partial charge in [0.15, 0.2) is 11.5 Å². The lowest BCUT2D eigenvalue weighted by molar-refractivity contribution is 0.0906. The number of hydrogen-bond acceptors (Lipinski definition) is 4. The SMILES string of the molecule is C[C@@H](NC(=O)c1cc(-c2cccs2)on1)[C@@H]1C[C@@H]2CC[C@@H]1C2. The van der Waals surface area contributed by atoms with Gasteiger partial charge in [-0.3, -0.25) is 4.79 Å². The van der Waals surface area contributed by atoms with Crippen molar-refractivity contribution in [2.75, 3.05) is 0 Å². The molecule has 4 atom stereocenters. The highest BCUT2D eigenvalue weighted by atomic mass is 32.1. The number of thiophene rings is 1. The summed E-state index contributed by atoms with van der Waals surface area (Å²) in [7, 11) is 0. The number of nitrogens with one attached hydrogen (secondary N) is 1. The average molecular weight is 316 g/mol. The molecular formula is C17H20N2O2S. The van der Waals surface area contributed by atoms with Gasteiger partial charge in [-0.1, -0.05) is 17.6 Å². The minimum atomic E-state index is -0.123. The third-order valence-electron chi connectivity index (χ3n) is 5.30. The van der Waals surface area contributed by atoms with Gasteiger partial charge in [-0.05, 0) is 55.4 Å². The van der Waals surface area contributed by atoms with Crippen LogP contribution in [-0.4, -0.2) is 17.1 Å². The zero-order chi connectivity index (χ0) is 15.1. The summed E-state index contributed by atoms with van der Waals surface area (Å²) < 4.78 is 5.29. The van der Waals surface area contributed by atoms with Gasteiger partial charge < -0.3 is 9.84 Å². The third kappa shape index (κ3) is 2.47. The van der Waals surface area contributed by atoms with Crippen molar-refractivity contribution in [3.05, 3.63) is 29.3 Å². The van der Waals surface area contributed by atoms with Crippen molar-refractivity contribution in [2.45, 2.75) is 38.6 Å². The molecule has 2 bridgehead atoms. The van der Waals surface area contributed by atoms with Crippen molar-refractivity contribution in [3.63, 3.8) is 0 Å². The summed E-state index contributed by atoms with van der Waals surface area (Å²) in [6.07, 6.45) is 5.35. The van der Waals surface area contributed by atoms with E-state index in [1.165, 1.54) is 25.7 Å². The number of carbonyl (C=O) groups excluding carboxylic acids is 1. The lowest BCUT2D eigenvalue weighted by Gasteiger charge is -2.28. The normalized spacial score (nSPS) is 28.0. The van der Waals surface area contributed by atoms with Gasteiger partial charge in [0.1, 0.15) is 0 Å². The van der Waals surface area contributed by atoms with Gasteiger partial charge in [0, 0.05) is 12.1 Å². The summed E-state index contributed by atoms with van der Waals surface area (Å²) >= 11 is 1.58. The number of rotatable bonds is 4. The van der Waals surface area contributed by atoms with Crippen LogP contribution in [0.15, 0.2) is 28.1 Å². The maximum absolute atomic E-state index is 12.4. The fraction of sp³-hybridized carbons (Fsp3) is 0.529. The Balaban J connectivity index is 1.42. The fourth-order valence-electron chi connectivity index (χ4n) is 4.21. The minimum Gasteiger partial charge on any atom is -0.355 e. The quantitative estimate of drug-likeness (QED) is 0.929. The minimum absolute atomic E-state index is 0.123. The van der Waals surface area contributed by atoms with E-state index in [0.717, 1.165) is 16.7 Å². The van der Waals surface area contributed by atoms with E-state index in [9.17, 15) is 4.79 Å². The Hall–Kier alpha value is -1.62. The molecule has 4 rings (SSSR count). The van der Waals surface area contributed by atoms with E-state index in [1.807, 2.05) is 17.5 Å². The van der Waals surface area contributed by atoms with Crippen LogP contribution in [0.25, 0.3) is 10.6 Å². The van der Waals surface area contributed by atoms with Crippen LogP contribution in [0.2, 0.25) is 0 Å². The van der Waals surface area contributed by atoms with E-state index in [4.69, 9.17) is 4.52 Å². The Bertz CT molecular complexity index is 664. The lowest BCUT2D eigenvalue weighted by Crippen LogP contribution is -2.40. The largest absolute Gasteiger partial charge is 0.355 e. The highest BCUT2D eigenvalue weighted by molar-refractivity contribution is 7.13. The Morgan fingerprint density at radius 3 is 3.05 bits per heavy atom. The molecule has 2 aliphatic rings. The van der Waals surface area contributed by atoms with Crippen LogP contribution in [0.3, 0.4) is 0 Å². The zero-order valence-corrected chi connectivity index (χ0v) is 13.4. The van der Waals surface area contributed by atoms with Crippen molar-refractivity contribution in [1.82, 2.24) is 10.5 Å². The number of aromatic nitrogens is 1. The van der Waals surface area contributed by atoms with Crippen LogP contribution in [0, 0.1) is 17.8 Å². The summed E-state index contributed by atoms with van der Waals surface area (Å²) in [4.78, 5) is 13.4. The summed E-state index contributed by atoms with van der Waals surface area (Å²) in [5.74, 6) is 2.87. The van der Waals surface area contributed by atoms with E-state index in [2.05, 4.69) is 17.4 Å². The van der Waals surface area contributed by atoms with Gasteiger partial charge in [-0.15, -0.1) is 11.3 Å². The first-order valence-electron chi connectivity index (χ1n) is 8.02. The molecular weight excluding hydrogens is 296 g/mol. The van der Waals surface area contributed by atoms with E-state index in [1.54, 1.807) is 17.4 Å². The summed E-state index contributed by atoms with van der Waals surface area (Å²) in [5, 5.41) is 9.02. The van der Waals surface area contributed by atoms with Crippen molar-refractivity contribution in [1.29, 1.82) is 0 Å². The Labute approximate surface area is 133 Å². The maximum Gasteiger partial charge on any atom is 0.273 e. The van der Waals surface area contributed by atoms with Gasteiger partial charge in [-0.25, -0.2) is 0 Å². The Morgan fingerprint density at radius 2 is 2.36 bits per heavy atom. The molecule has 0 spiro atoms. The first-order chi connectivity index (χ1) is 10.7. The second-order valence-electron chi connectivity index (χ2n) is 6.65. The molecule has 0 aliphatic heterocycles. The Kier molecular flexibility index (Phi) is 3.53. The topological polar surface area (TPSA) is 55.1 Å². The highest BCUT2D eigenvalue weighted by Gasteiger charge is 2.42. The molecule has 5 heteroatoms. The monoisotopic (exact) mass is 316 g/mol. The predicted octanol–water partition coefficient (Wildman–Crippen LogP) is 3.96. The molecule has 2 aliphatic carbocycles. The molecule has 22 heavy (non-hydrogen) atoms. The molecule has 1 amide bonds. The number of amides is 1. The van der Waals surface area contributed by atoms with E-state index >= 15 is 0 Å². The van der Waals surface area contributed by atoms with Crippen LogP contribution >= 0.6 is 11.3 Å². The molecule has 116 valence electrons. The smallest absolute Gasteiger partial charge is 0.273 e. The second-order valence-corrected chi connectivity index (χ2v) is 7.60. The van der Waals surface area contributed by atoms with Crippen molar-refractivity contribution < 1.29 is 9.32 Å². The van der Waals surface area contributed by atoms with Crippen LogP contribution in [0.1, 0.15) is 43.1 Å². The fourth-order valence-corrected chi connectivity index (χ4v) is 4.88. The number of nitrogens with zero attached hydrogens (tertiary/aromatic N) is 1. The van der Waals surface area contributed by atoms with Crippen molar-refractivity contribution in [3.8, 4) is 10.6 Å². The molecule has 2 saturated carbocycles. The molecule has 0 radical (unpaired) electrons. The van der Waals surface area contributed by atoms with Gasteiger partial charge in [0.05, 0.1) is 4.88 Å². The molecule has 1 N–H and O–H groups in total. The van der Waals surface area contributed by atoms with Crippen molar-refractivity contribution >= 4 is 17.2 Å². The third-order valence-corrected chi connectivity index (χ3v) is 6.19. The first kappa shape index (κ1) is 14.0. The maximum atomic E-state index is 12.4. The Morgan fingerprint density at radius 1 is 1.45 bits per heavy atom. The van der Waals surface area contributed by atoms with Crippen LogP contribution in [0.5, 0.6) is 0 Å². The molecule has 0 unspecified atom stereocenters. The summed E-state index contributed by atoms with van der Waals surface area (Å²) in [5.41, 5.74) is 0.374. The summed E-state index contributed by atoms with van der Waals surface area (Å²) in [6.45, 7) is 2.13. The van der Waals surface area contributed by atoms with E-state index < -0.39 is 0 Å². The molecule has 4 nitrogen and oxygen atoms in total.